The largest absolute Gasteiger partial charge is 0.381 e. The molecule has 2 aliphatic carbocycles. The molecule has 3 rings (SSSR count). The summed E-state index contributed by atoms with van der Waals surface area (Å²) < 4.78 is 5.50. The van der Waals surface area contributed by atoms with Crippen LogP contribution in [0, 0.1) is 10.8 Å². The Kier molecular flexibility index (Phi) is 2.33. The zero-order valence-corrected chi connectivity index (χ0v) is 9.85. The topological polar surface area (TPSA) is 21.3 Å². The Morgan fingerprint density at radius 1 is 1.27 bits per heavy atom. The van der Waals surface area contributed by atoms with Crippen molar-refractivity contribution in [3.63, 3.8) is 0 Å². The first-order valence-electron chi connectivity index (χ1n) is 6.54. The predicted molar refractivity (Wildman–Crippen MR) is 60.9 cm³/mol. The maximum atomic E-state index is 5.50. The lowest BCUT2D eigenvalue weighted by atomic mass is 9.53. The molecule has 0 bridgehead atoms. The summed E-state index contributed by atoms with van der Waals surface area (Å²) in [5.41, 5.74) is 1.16. The number of hydrogen-bond donors (Lipinski definition) is 1. The van der Waals surface area contributed by atoms with Crippen molar-refractivity contribution in [3.05, 3.63) is 0 Å². The second kappa shape index (κ2) is 3.46. The Morgan fingerprint density at radius 2 is 2.13 bits per heavy atom. The van der Waals surface area contributed by atoms with Crippen molar-refractivity contribution in [2.24, 2.45) is 10.8 Å². The molecule has 1 saturated heterocycles. The number of rotatable bonds is 3. The van der Waals surface area contributed by atoms with E-state index >= 15 is 0 Å². The maximum absolute atomic E-state index is 5.50. The fourth-order valence-corrected chi connectivity index (χ4v) is 3.46. The number of ether oxygens (including phenoxy) is 1. The van der Waals surface area contributed by atoms with Gasteiger partial charge in [-0.3, -0.25) is 0 Å². The molecular formula is C13H23NO. The third kappa shape index (κ3) is 1.62. The van der Waals surface area contributed by atoms with E-state index in [2.05, 4.69) is 12.2 Å². The van der Waals surface area contributed by atoms with Crippen molar-refractivity contribution in [3.8, 4) is 0 Å². The zero-order valence-electron chi connectivity index (χ0n) is 9.85. The van der Waals surface area contributed by atoms with Crippen LogP contribution in [0.15, 0.2) is 0 Å². The van der Waals surface area contributed by atoms with E-state index in [1.165, 1.54) is 45.1 Å². The highest BCUT2D eigenvalue weighted by atomic mass is 16.5. The molecule has 0 amide bonds. The molecule has 86 valence electrons. The van der Waals surface area contributed by atoms with Gasteiger partial charge < -0.3 is 10.1 Å². The molecule has 1 spiro atoms. The predicted octanol–water partition coefficient (Wildman–Crippen LogP) is 2.34. The molecular weight excluding hydrogens is 186 g/mol. The van der Waals surface area contributed by atoms with Gasteiger partial charge in [0.25, 0.3) is 0 Å². The molecule has 15 heavy (non-hydrogen) atoms. The van der Waals surface area contributed by atoms with Crippen LogP contribution in [0.25, 0.3) is 0 Å². The minimum Gasteiger partial charge on any atom is -0.381 e. The molecule has 1 heterocycles. The standard InChI is InChI=1S/C13H23NO/c1-12(7-8-15-10-12)9-14-11-3-6-13(11)4-2-5-13/h11,14H,2-10H2,1H3. The van der Waals surface area contributed by atoms with Crippen LogP contribution in [-0.2, 0) is 4.74 Å². The minimum absolute atomic E-state index is 0.417. The summed E-state index contributed by atoms with van der Waals surface area (Å²) >= 11 is 0. The smallest absolute Gasteiger partial charge is 0.0532 e. The van der Waals surface area contributed by atoms with Gasteiger partial charge in [0.2, 0.25) is 0 Å². The third-order valence-electron chi connectivity index (χ3n) is 5.10. The summed E-state index contributed by atoms with van der Waals surface area (Å²) in [5, 5.41) is 3.81. The van der Waals surface area contributed by atoms with Gasteiger partial charge in [0, 0.05) is 24.6 Å². The average Bonchev–Trinajstić information content (AvgIpc) is 2.48. The molecule has 1 aliphatic heterocycles. The van der Waals surface area contributed by atoms with E-state index in [1.807, 2.05) is 0 Å². The van der Waals surface area contributed by atoms with Gasteiger partial charge in [-0.25, -0.2) is 0 Å². The Balaban J connectivity index is 1.49. The second-order valence-electron chi connectivity index (χ2n) is 6.30. The van der Waals surface area contributed by atoms with Crippen LogP contribution in [-0.4, -0.2) is 25.8 Å². The summed E-state index contributed by atoms with van der Waals surface area (Å²) in [6.45, 7) is 5.45. The molecule has 2 heteroatoms. The molecule has 2 unspecified atom stereocenters. The van der Waals surface area contributed by atoms with Crippen LogP contribution in [0.1, 0.15) is 45.4 Å². The van der Waals surface area contributed by atoms with E-state index in [0.717, 1.165) is 24.7 Å². The molecule has 3 aliphatic rings. The summed E-state index contributed by atoms with van der Waals surface area (Å²) in [7, 11) is 0. The molecule has 2 atom stereocenters. The van der Waals surface area contributed by atoms with E-state index in [9.17, 15) is 0 Å². The van der Waals surface area contributed by atoms with Gasteiger partial charge in [0.05, 0.1) is 6.61 Å². The van der Waals surface area contributed by atoms with Crippen LogP contribution in [0.4, 0.5) is 0 Å². The summed E-state index contributed by atoms with van der Waals surface area (Å²) in [5.74, 6) is 0. The van der Waals surface area contributed by atoms with E-state index in [-0.39, 0.29) is 0 Å². The van der Waals surface area contributed by atoms with Crippen LogP contribution >= 0.6 is 0 Å². The molecule has 0 aromatic carbocycles. The Labute approximate surface area is 92.8 Å². The lowest BCUT2D eigenvalue weighted by Gasteiger charge is -2.57. The fraction of sp³-hybridized carbons (Fsp3) is 1.00. The molecule has 0 aromatic rings. The van der Waals surface area contributed by atoms with Gasteiger partial charge in [0.1, 0.15) is 0 Å². The van der Waals surface area contributed by atoms with Crippen molar-refractivity contribution in [1.82, 2.24) is 5.32 Å². The van der Waals surface area contributed by atoms with Gasteiger partial charge in [-0.2, -0.15) is 0 Å². The molecule has 2 nitrogen and oxygen atoms in total. The lowest BCUT2D eigenvalue weighted by Crippen LogP contribution is -2.58. The average molecular weight is 209 g/mol. The quantitative estimate of drug-likeness (QED) is 0.770. The first-order valence-corrected chi connectivity index (χ1v) is 6.54. The third-order valence-corrected chi connectivity index (χ3v) is 5.10. The minimum atomic E-state index is 0.417. The van der Waals surface area contributed by atoms with Crippen LogP contribution in [0.5, 0.6) is 0 Å². The summed E-state index contributed by atoms with van der Waals surface area (Å²) in [6, 6.07) is 0.837. The Bertz CT molecular complexity index is 235. The van der Waals surface area contributed by atoms with Crippen LogP contribution in [0.3, 0.4) is 0 Å². The van der Waals surface area contributed by atoms with Crippen LogP contribution < -0.4 is 5.32 Å². The van der Waals surface area contributed by atoms with E-state index < -0.39 is 0 Å². The van der Waals surface area contributed by atoms with Crippen molar-refractivity contribution < 1.29 is 4.74 Å². The summed E-state index contributed by atoms with van der Waals surface area (Å²) in [6.07, 6.45) is 8.57. The molecule has 0 aromatic heterocycles. The van der Waals surface area contributed by atoms with Gasteiger partial charge in [-0.05, 0) is 37.5 Å². The molecule has 3 fully saturated rings. The van der Waals surface area contributed by atoms with E-state index in [1.54, 1.807) is 0 Å². The number of nitrogens with one attached hydrogen (secondary N) is 1. The van der Waals surface area contributed by atoms with Gasteiger partial charge in [-0.15, -0.1) is 0 Å². The van der Waals surface area contributed by atoms with Crippen molar-refractivity contribution in [2.45, 2.75) is 51.5 Å². The van der Waals surface area contributed by atoms with Gasteiger partial charge in [0.15, 0.2) is 0 Å². The van der Waals surface area contributed by atoms with Crippen LogP contribution in [0.2, 0.25) is 0 Å². The number of hydrogen-bond acceptors (Lipinski definition) is 2. The van der Waals surface area contributed by atoms with Gasteiger partial charge >= 0.3 is 0 Å². The SMILES string of the molecule is CC1(CNC2CCC23CCC3)CCOC1. The highest BCUT2D eigenvalue weighted by Gasteiger charge is 2.50. The molecule has 1 N–H and O–H groups in total. The normalized spacial score (nSPS) is 42.6. The zero-order chi connectivity index (χ0) is 10.4. The second-order valence-corrected chi connectivity index (χ2v) is 6.30. The van der Waals surface area contributed by atoms with Gasteiger partial charge in [-0.1, -0.05) is 13.3 Å². The highest BCUT2D eigenvalue weighted by molar-refractivity contribution is 5.05. The molecule has 2 saturated carbocycles. The fourth-order valence-electron chi connectivity index (χ4n) is 3.46. The first kappa shape index (κ1) is 10.1. The monoisotopic (exact) mass is 209 g/mol. The molecule has 0 radical (unpaired) electrons. The highest BCUT2D eigenvalue weighted by Crippen LogP contribution is 2.55. The lowest BCUT2D eigenvalue weighted by molar-refractivity contribution is -0.0220. The maximum Gasteiger partial charge on any atom is 0.0532 e. The van der Waals surface area contributed by atoms with Crippen molar-refractivity contribution in [1.29, 1.82) is 0 Å². The Morgan fingerprint density at radius 3 is 2.60 bits per heavy atom. The first-order chi connectivity index (χ1) is 7.23. The van der Waals surface area contributed by atoms with E-state index in [4.69, 9.17) is 4.74 Å². The van der Waals surface area contributed by atoms with Crippen molar-refractivity contribution in [2.75, 3.05) is 19.8 Å². The van der Waals surface area contributed by atoms with E-state index in [0.29, 0.717) is 5.41 Å². The Hall–Kier alpha value is -0.0800. The summed E-state index contributed by atoms with van der Waals surface area (Å²) in [4.78, 5) is 0. The van der Waals surface area contributed by atoms with Crippen molar-refractivity contribution >= 4 is 0 Å².